The third-order valence-electron chi connectivity index (χ3n) is 6.97. The fourth-order valence-corrected chi connectivity index (χ4v) is 4.33. The monoisotopic (exact) mass is 756 g/mol. The summed E-state index contributed by atoms with van der Waals surface area (Å²) in [5.41, 5.74) is 1.02. The Balaban J connectivity index is 2.01. The van der Waals surface area contributed by atoms with Crippen LogP contribution < -0.4 is 23.7 Å². The SMILES string of the molecule is C=C(COC)C(=O)Oc1ccc(OC(=O)/C=C/c2cc(OC(=O)C(=C)COC)c(-c3ccc(OC(=O)C(=C)COC)cc3)cc2OC(=O)C(=C)COC)cc1. The third kappa shape index (κ3) is 13.2. The summed E-state index contributed by atoms with van der Waals surface area (Å²) < 4.78 is 47.2. The lowest BCUT2D eigenvalue weighted by Crippen LogP contribution is -2.16. The van der Waals surface area contributed by atoms with Crippen molar-refractivity contribution >= 4 is 35.9 Å². The lowest BCUT2D eigenvalue weighted by molar-refractivity contribution is -0.131. The van der Waals surface area contributed by atoms with Crippen molar-refractivity contribution in [2.45, 2.75) is 0 Å². The van der Waals surface area contributed by atoms with Crippen LogP contribution in [0.1, 0.15) is 5.56 Å². The molecule has 0 N–H and O–H groups in total. The molecule has 0 aliphatic heterocycles. The van der Waals surface area contributed by atoms with Crippen LogP contribution in [0, 0.1) is 0 Å². The summed E-state index contributed by atoms with van der Waals surface area (Å²) in [4.78, 5) is 63.3. The van der Waals surface area contributed by atoms with Crippen molar-refractivity contribution in [1.82, 2.24) is 0 Å². The summed E-state index contributed by atoms with van der Waals surface area (Å²) in [6.07, 6.45) is 2.33. The molecule has 0 aromatic heterocycles. The van der Waals surface area contributed by atoms with Crippen molar-refractivity contribution in [3.8, 4) is 39.9 Å². The van der Waals surface area contributed by atoms with Gasteiger partial charge in [0.1, 0.15) is 28.7 Å². The first-order chi connectivity index (χ1) is 26.3. The normalized spacial score (nSPS) is 10.6. The van der Waals surface area contributed by atoms with Crippen molar-refractivity contribution in [2.24, 2.45) is 0 Å². The Kier molecular flexibility index (Phi) is 16.6. The van der Waals surface area contributed by atoms with Crippen molar-refractivity contribution in [3.05, 3.63) is 121 Å². The summed E-state index contributed by atoms with van der Waals surface area (Å²) >= 11 is 0. The van der Waals surface area contributed by atoms with Gasteiger partial charge >= 0.3 is 29.8 Å². The fourth-order valence-electron chi connectivity index (χ4n) is 4.33. The second-order valence-electron chi connectivity index (χ2n) is 11.3. The molecule has 0 spiro atoms. The lowest BCUT2D eigenvalue weighted by atomic mass is 10.0. The molecule has 0 aliphatic carbocycles. The number of carbonyl (C=O) groups is 5. The third-order valence-corrected chi connectivity index (χ3v) is 6.97. The average Bonchev–Trinajstić information content (AvgIpc) is 3.16. The molecular formula is C41H40O14. The zero-order valence-electron chi connectivity index (χ0n) is 30.8. The first-order valence-corrected chi connectivity index (χ1v) is 16.1. The highest BCUT2D eigenvalue weighted by atomic mass is 16.6. The van der Waals surface area contributed by atoms with Gasteiger partial charge in [0.25, 0.3) is 0 Å². The molecule has 14 heteroatoms. The van der Waals surface area contributed by atoms with Gasteiger partial charge in [0.15, 0.2) is 0 Å². The first-order valence-electron chi connectivity index (χ1n) is 16.1. The van der Waals surface area contributed by atoms with Gasteiger partial charge in [0, 0.05) is 45.6 Å². The number of ether oxygens (including phenoxy) is 9. The highest BCUT2D eigenvalue weighted by Gasteiger charge is 2.21. The molecule has 0 radical (unpaired) electrons. The second-order valence-corrected chi connectivity index (χ2v) is 11.3. The van der Waals surface area contributed by atoms with Gasteiger partial charge in [-0.1, -0.05) is 38.4 Å². The zero-order valence-corrected chi connectivity index (χ0v) is 30.8. The Hall–Kier alpha value is -6.45. The van der Waals surface area contributed by atoms with Gasteiger partial charge in [-0.2, -0.15) is 0 Å². The predicted molar refractivity (Wildman–Crippen MR) is 200 cm³/mol. The van der Waals surface area contributed by atoms with Crippen LogP contribution in [0.25, 0.3) is 17.2 Å². The van der Waals surface area contributed by atoms with Gasteiger partial charge in [-0.25, -0.2) is 24.0 Å². The molecule has 0 saturated carbocycles. The molecule has 3 aromatic carbocycles. The summed E-state index contributed by atoms with van der Waals surface area (Å²) in [6, 6.07) is 14.6. The molecule has 55 heavy (non-hydrogen) atoms. The lowest BCUT2D eigenvalue weighted by Gasteiger charge is -2.16. The molecule has 0 amide bonds. The van der Waals surface area contributed by atoms with Crippen molar-refractivity contribution in [2.75, 3.05) is 54.9 Å². The molecule has 14 nitrogen and oxygen atoms in total. The van der Waals surface area contributed by atoms with Gasteiger partial charge in [-0.15, -0.1) is 0 Å². The summed E-state index contributed by atoms with van der Waals surface area (Å²) in [5, 5.41) is 0. The fraction of sp³-hybridized carbons (Fsp3) is 0.195. The smallest absolute Gasteiger partial charge is 0.341 e. The molecule has 0 heterocycles. The zero-order chi connectivity index (χ0) is 40.5. The van der Waals surface area contributed by atoms with Gasteiger partial charge in [-0.3, -0.25) is 0 Å². The van der Waals surface area contributed by atoms with Gasteiger partial charge < -0.3 is 42.6 Å². The van der Waals surface area contributed by atoms with E-state index in [2.05, 4.69) is 26.3 Å². The van der Waals surface area contributed by atoms with E-state index in [4.69, 9.17) is 42.6 Å². The van der Waals surface area contributed by atoms with E-state index in [1.807, 2.05) is 0 Å². The Labute approximate surface area is 317 Å². The van der Waals surface area contributed by atoms with Crippen LogP contribution in [-0.2, 0) is 42.9 Å². The summed E-state index contributed by atoms with van der Waals surface area (Å²) in [7, 11) is 5.60. The summed E-state index contributed by atoms with van der Waals surface area (Å²) in [6.45, 7) is 14.3. The molecule has 3 rings (SSSR count). The van der Waals surface area contributed by atoms with E-state index in [0.717, 1.165) is 6.08 Å². The van der Waals surface area contributed by atoms with E-state index in [1.165, 1.54) is 83.0 Å². The van der Waals surface area contributed by atoms with E-state index < -0.39 is 29.8 Å². The van der Waals surface area contributed by atoms with Gasteiger partial charge in [0.2, 0.25) is 0 Å². The van der Waals surface area contributed by atoms with Crippen LogP contribution in [0.2, 0.25) is 0 Å². The minimum absolute atomic E-state index is 0.000249. The Morgan fingerprint density at radius 3 is 1.27 bits per heavy atom. The number of hydrogen-bond acceptors (Lipinski definition) is 14. The van der Waals surface area contributed by atoms with Crippen LogP contribution >= 0.6 is 0 Å². The highest BCUT2D eigenvalue weighted by Crippen LogP contribution is 2.38. The van der Waals surface area contributed by atoms with E-state index >= 15 is 0 Å². The van der Waals surface area contributed by atoms with Crippen LogP contribution in [0.4, 0.5) is 0 Å². The molecule has 0 atom stereocenters. The number of carbonyl (C=O) groups excluding carboxylic acids is 5. The highest BCUT2D eigenvalue weighted by molar-refractivity contribution is 5.95. The number of rotatable bonds is 20. The molecule has 288 valence electrons. The number of benzene rings is 3. The Bertz CT molecular complexity index is 1970. The minimum atomic E-state index is -0.839. The van der Waals surface area contributed by atoms with Crippen LogP contribution in [0.15, 0.2) is 115 Å². The maximum atomic E-state index is 13.0. The van der Waals surface area contributed by atoms with E-state index in [-0.39, 0.29) is 88.6 Å². The van der Waals surface area contributed by atoms with Crippen molar-refractivity contribution < 1.29 is 66.6 Å². The van der Waals surface area contributed by atoms with Crippen LogP contribution in [-0.4, -0.2) is 84.7 Å². The molecule has 0 unspecified atom stereocenters. The van der Waals surface area contributed by atoms with Gasteiger partial charge in [-0.05, 0) is 60.2 Å². The van der Waals surface area contributed by atoms with E-state index in [1.54, 1.807) is 12.1 Å². The minimum Gasteiger partial charge on any atom is -0.423 e. The van der Waals surface area contributed by atoms with E-state index in [0.29, 0.717) is 5.56 Å². The molecule has 0 fully saturated rings. The van der Waals surface area contributed by atoms with Crippen LogP contribution in [0.3, 0.4) is 0 Å². The molecular weight excluding hydrogens is 716 g/mol. The topological polar surface area (TPSA) is 168 Å². The molecule has 0 aliphatic rings. The van der Waals surface area contributed by atoms with E-state index in [9.17, 15) is 24.0 Å². The number of esters is 5. The molecule has 0 bridgehead atoms. The standard InChI is InChI=1S/C41H40O14/c1-25(21-47-5)38(43)52-32-12-9-29(10-13-32)34-20-35(54-40(45)27(3)23-49-7)30(19-36(34)55-41(46)28(4)24-50-8)11-18-37(42)51-31-14-16-33(17-15-31)53-39(44)26(2)22-48-6/h9-20H,1-4,21-24H2,5-8H3/b18-11+. The molecule has 3 aromatic rings. The average molecular weight is 757 g/mol. The van der Waals surface area contributed by atoms with Crippen LogP contribution in [0.5, 0.6) is 28.7 Å². The predicted octanol–water partition coefficient (Wildman–Crippen LogP) is 5.40. The Morgan fingerprint density at radius 2 is 0.855 bits per heavy atom. The molecule has 0 saturated heterocycles. The first kappa shape index (κ1) is 43.0. The Morgan fingerprint density at radius 1 is 0.491 bits per heavy atom. The second kappa shape index (κ2) is 21.3. The summed E-state index contributed by atoms with van der Waals surface area (Å²) in [5.74, 6) is -3.49. The maximum absolute atomic E-state index is 13.0. The quantitative estimate of drug-likeness (QED) is 0.0816. The maximum Gasteiger partial charge on any atom is 0.341 e. The number of hydrogen-bond donors (Lipinski definition) is 0. The van der Waals surface area contributed by atoms with Crippen molar-refractivity contribution in [3.63, 3.8) is 0 Å². The van der Waals surface area contributed by atoms with Gasteiger partial charge in [0.05, 0.1) is 48.7 Å². The number of methoxy groups -OCH3 is 4. The van der Waals surface area contributed by atoms with Crippen molar-refractivity contribution in [1.29, 1.82) is 0 Å². The largest absolute Gasteiger partial charge is 0.423 e.